The Labute approximate surface area is 180 Å². The molecule has 2 atom stereocenters. The van der Waals surface area contributed by atoms with Crippen LogP contribution in [0.4, 0.5) is 5.82 Å². The zero-order valence-electron chi connectivity index (χ0n) is 17.2. The SMILES string of the molecule is O=C(O)CC1(c2ccno2)CC1c1ccc(OCCc2ccc3c(n2)NCCC3)cc1. The van der Waals surface area contributed by atoms with Crippen molar-refractivity contribution < 1.29 is 19.2 Å². The van der Waals surface area contributed by atoms with Crippen molar-refractivity contribution in [2.24, 2.45) is 0 Å². The van der Waals surface area contributed by atoms with Gasteiger partial charge in [-0.3, -0.25) is 4.79 Å². The number of nitrogens with zero attached hydrogens (tertiary/aromatic N) is 2. The van der Waals surface area contributed by atoms with Crippen LogP contribution in [0.15, 0.2) is 53.2 Å². The van der Waals surface area contributed by atoms with E-state index in [0.717, 1.165) is 55.1 Å². The number of aryl methyl sites for hydroxylation is 1. The Bertz CT molecular complexity index is 1060. The molecule has 2 N–H and O–H groups in total. The smallest absolute Gasteiger partial charge is 0.304 e. The van der Waals surface area contributed by atoms with Gasteiger partial charge in [-0.05, 0) is 54.5 Å². The summed E-state index contributed by atoms with van der Waals surface area (Å²) in [5.74, 6) is 1.73. The molecule has 2 aliphatic rings. The highest BCUT2D eigenvalue weighted by Crippen LogP contribution is 2.62. The zero-order chi connectivity index (χ0) is 21.3. The number of hydrogen-bond donors (Lipinski definition) is 2. The number of carboxylic acid groups (broad SMARTS) is 1. The fourth-order valence-electron chi connectivity index (χ4n) is 4.62. The first kappa shape index (κ1) is 19.6. The number of benzene rings is 1. The number of anilines is 1. The Kier molecular flexibility index (Phi) is 5.10. The van der Waals surface area contributed by atoms with Crippen molar-refractivity contribution in [1.29, 1.82) is 0 Å². The van der Waals surface area contributed by atoms with E-state index in [9.17, 15) is 9.90 Å². The maximum absolute atomic E-state index is 11.4. The summed E-state index contributed by atoms with van der Waals surface area (Å²) >= 11 is 0. The second-order valence-corrected chi connectivity index (χ2v) is 8.37. The third-order valence-corrected chi connectivity index (χ3v) is 6.33. The largest absolute Gasteiger partial charge is 0.493 e. The van der Waals surface area contributed by atoms with Crippen molar-refractivity contribution in [1.82, 2.24) is 10.1 Å². The van der Waals surface area contributed by atoms with Crippen molar-refractivity contribution in [3.05, 3.63) is 71.2 Å². The molecule has 0 spiro atoms. The second kappa shape index (κ2) is 8.06. The number of pyridine rings is 1. The number of carboxylic acids is 1. The molecule has 1 fully saturated rings. The number of nitrogens with one attached hydrogen (secondary N) is 1. The van der Waals surface area contributed by atoms with Crippen molar-refractivity contribution in [3.63, 3.8) is 0 Å². The molecule has 3 aromatic rings. The maximum Gasteiger partial charge on any atom is 0.304 e. The van der Waals surface area contributed by atoms with Crippen molar-refractivity contribution in [2.75, 3.05) is 18.5 Å². The molecular weight excluding hydrogens is 394 g/mol. The Balaban J connectivity index is 1.19. The van der Waals surface area contributed by atoms with Gasteiger partial charge >= 0.3 is 5.97 Å². The van der Waals surface area contributed by atoms with Crippen molar-refractivity contribution in [3.8, 4) is 5.75 Å². The van der Waals surface area contributed by atoms with Gasteiger partial charge in [0.15, 0.2) is 0 Å². The lowest BCUT2D eigenvalue weighted by Gasteiger charge is -2.17. The van der Waals surface area contributed by atoms with Crippen LogP contribution < -0.4 is 10.1 Å². The van der Waals surface area contributed by atoms with E-state index >= 15 is 0 Å². The van der Waals surface area contributed by atoms with Gasteiger partial charge in [0.25, 0.3) is 0 Å². The zero-order valence-corrected chi connectivity index (χ0v) is 17.2. The van der Waals surface area contributed by atoms with E-state index in [1.165, 1.54) is 5.56 Å². The van der Waals surface area contributed by atoms with Crippen LogP contribution in [0.2, 0.25) is 0 Å². The molecule has 0 amide bonds. The topological polar surface area (TPSA) is 97.5 Å². The fourth-order valence-corrected chi connectivity index (χ4v) is 4.62. The van der Waals surface area contributed by atoms with E-state index in [2.05, 4.69) is 22.6 Å². The van der Waals surface area contributed by atoms with Crippen molar-refractivity contribution in [2.45, 2.75) is 43.4 Å². The van der Waals surface area contributed by atoms with Gasteiger partial charge in [-0.1, -0.05) is 23.4 Å². The minimum Gasteiger partial charge on any atom is -0.493 e. The lowest BCUT2D eigenvalue weighted by molar-refractivity contribution is -0.137. The summed E-state index contributed by atoms with van der Waals surface area (Å²) in [5.41, 5.74) is 2.90. The van der Waals surface area contributed by atoms with E-state index in [4.69, 9.17) is 14.2 Å². The summed E-state index contributed by atoms with van der Waals surface area (Å²) in [4.78, 5) is 16.1. The number of carbonyl (C=O) groups is 1. The van der Waals surface area contributed by atoms with Gasteiger partial charge in [0.1, 0.15) is 17.3 Å². The van der Waals surface area contributed by atoms with Crippen LogP contribution in [-0.4, -0.2) is 34.4 Å². The summed E-state index contributed by atoms with van der Waals surface area (Å²) in [6.45, 7) is 1.53. The average molecular weight is 419 g/mol. The van der Waals surface area contributed by atoms with Gasteiger partial charge in [-0.25, -0.2) is 4.98 Å². The molecular formula is C24H25N3O4. The lowest BCUT2D eigenvalue weighted by atomic mass is 9.93. The van der Waals surface area contributed by atoms with Gasteiger partial charge in [0.05, 0.1) is 19.2 Å². The summed E-state index contributed by atoms with van der Waals surface area (Å²) < 4.78 is 11.2. The monoisotopic (exact) mass is 419 g/mol. The standard InChI is InChI=1S/C24H25N3O4/c28-22(29)15-24(21-9-12-26-31-21)14-20(24)16-4-7-19(8-5-16)30-13-10-18-6-3-17-2-1-11-25-23(17)27-18/h3-9,12,20H,1-2,10-11,13-15H2,(H,25,27)(H,28,29). The molecule has 1 saturated carbocycles. The van der Waals surface area contributed by atoms with Gasteiger partial charge in [0.2, 0.25) is 0 Å². The van der Waals surface area contributed by atoms with E-state index < -0.39 is 11.4 Å². The van der Waals surface area contributed by atoms with Crippen LogP contribution in [0.1, 0.15) is 47.8 Å². The molecule has 7 nitrogen and oxygen atoms in total. The quantitative estimate of drug-likeness (QED) is 0.570. The normalized spacial score (nSPS) is 21.7. The molecule has 0 radical (unpaired) electrons. The van der Waals surface area contributed by atoms with Crippen LogP contribution in [0.3, 0.4) is 0 Å². The molecule has 0 saturated heterocycles. The van der Waals surface area contributed by atoms with E-state index in [1.807, 2.05) is 24.3 Å². The second-order valence-electron chi connectivity index (χ2n) is 8.37. The summed E-state index contributed by atoms with van der Waals surface area (Å²) in [6, 6.07) is 13.9. The minimum absolute atomic E-state index is 0.0355. The summed E-state index contributed by atoms with van der Waals surface area (Å²) in [6.07, 6.45) is 5.33. The van der Waals surface area contributed by atoms with Crippen LogP contribution in [0, 0.1) is 0 Å². The average Bonchev–Trinajstić information content (AvgIpc) is 3.21. The Morgan fingerprint density at radius 2 is 2.10 bits per heavy atom. The Hall–Kier alpha value is -3.35. The minimum atomic E-state index is -0.829. The molecule has 2 unspecified atom stereocenters. The van der Waals surface area contributed by atoms with Gasteiger partial charge in [-0.15, -0.1) is 0 Å². The number of aromatic nitrogens is 2. The maximum atomic E-state index is 11.4. The third kappa shape index (κ3) is 4.00. The molecule has 1 aliphatic heterocycles. The summed E-state index contributed by atoms with van der Waals surface area (Å²) in [7, 11) is 0. The van der Waals surface area contributed by atoms with Crippen LogP contribution in [-0.2, 0) is 23.1 Å². The molecule has 7 heteroatoms. The fraction of sp³-hybridized carbons (Fsp3) is 0.375. The molecule has 0 bridgehead atoms. The van der Waals surface area contributed by atoms with Gasteiger partial charge < -0.3 is 19.7 Å². The summed E-state index contributed by atoms with van der Waals surface area (Å²) in [5, 5.41) is 16.5. The highest BCUT2D eigenvalue weighted by molar-refractivity contribution is 5.70. The molecule has 1 aliphatic carbocycles. The van der Waals surface area contributed by atoms with Crippen molar-refractivity contribution >= 4 is 11.8 Å². The van der Waals surface area contributed by atoms with Crippen LogP contribution in [0.25, 0.3) is 0 Å². The molecule has 2 aromatic heterocycles. The molecule has 31 heavy (non-hydrogen) atoms. The first-order valence-electron chi connectivity index (χ1n) is 10.7. The van der Waals surface area contributed by atoms with Gasteiger partial charge in [0, 0.05) is 30.1 Å². The Morgan fingerprint density at radius 1 is 1.23 bits per heavy atom. The third-order valence-electron chi connectivity index (χ3n) is 6.33. The molecule has 3 heterocycles. The molecule has 160 valence electrons. The number of rotatable bonds is 8. The predicted molar refractivity (Wildman–Crippen MR) is 114 cm³/mol. The lowest BCUT2D eigenvalue weighted by Crippen LogP contribution is -2.15. The number of hydrogen-bond acceptors (Lipinski definition) is 6. The van der Waals surface area contributed by atoms with Crippen LogP contribution >= 0.6 is 0 Å². The van der Waals surface area contributed by atoms with Gasteiger partial charge in [-0.2, -0.15) is 0 Å². The van der Waals surface area contributed by atoms with Crippen LogP contribution in [0.5, 0.6) is 5.75 Å². The molecule has 5 rings (SSSR count). The number of aliphatic carboxylic acids is 1. The first-order valence-corrected chi connectivity index (χ1v) is 10.7. The highest BCUT2D eigenvalue weighted by atomic mass is 16.5. The highest BCUT2D eigenvalue weighted by Gasteiger charge is 2.59. The molecule has 1 aromatic carbocycles. The Morgan fingerprint density at radius 3 is 2.87 bits per heavy atom. The number of ether oxygens (including phenoxy) is 1. The first-order chi connectivity index (χ1) is 15.1. The van der Waals surface area contributed by atoms with E-state index in [-0.39, 0.29) is 12.3 Å². The number of fused-ring (bicyclic) bond motifs is 1. The van der Waals surface area contributed by atoms with E-state index in [0.29, 0.717) is 12.4 Å². The predicted octanol–water partition coefficient (Wildman–Crippen LogP) is 3.95. The van der Waals surface area contributed by atoms with E-state index in [1.54, 1.807) is 12.3 Å².